The van der Waals surface area contributed by atoms with Gasteiger partial charge in [0.2, 0.25) is 0 Å². The van der Waals surface area contributed by atoms with Gasteiger partial charge in [0.15, 0.2) is 0 Å². The third kappa shape index (κ3) is 2.76. The van der Waals surface area contributed by atoms with Crippen LogP contribution in [0, 0.1) is 5.92 Å². The van der Waals surface area contributed by atoms with Gasteiger partial charge in [-0.25, -0.2) is 0 Å². The van der Waals surface area contributed by atoms with Gasteiger partial charge in [-0.1, -0.05) is 32.0 Å². The Morgan fingerprint density at radius 2 is 2.12 bits per heavy atom. The Morgan fingerprint density at radius 3 is 2.94 bits per heavy atom. The smallest absolute Gasteiger partial charge is 0.0412 e. The maximum atomic E-state index is 3.48. The molecule has 0 aromatic heterocycles. The van der Waals surface area contributed by atoms with Crippen LogP contribution in [0.25, 0.3) is 0 Å². The Morgan fingerprint density at radius 1 is 1.31 bits per heavy atom. The molecule has 0 bridgehead atoms. The lowest BCUT2D eigenvalue weighted by molar-refractivity contribution is 0.569. The summed E-state index contributed by atoms with van der Waals surface area (Å²) in [6, 6.07) is 8.76. The van der Waals surface area contributed by atoms with Crippen molar-refractivity contribution in [3.05, 3.63) is 29.8 Å². The molecule has 0 spiro atoms. The van der Waals surface area contributed by atoms with E-state index < -0.39 is 0 Å². The zero-order valence-electron chi connectivity index (χ0n) is 10.4. The molecule has 1 aromatic rings. The van der Waals surface area contributed by atoms with E-state index in [1.165, 1.54) is 24.2 Å². The molecule has 1 aliphatic rings. The lowest BCUT2D eigenvalue weighted by Crippen LogP contribution is -2.30. The Labute approximate surface area is 98.7 Å². The number of hydrogen-bond acceptors (Lipinski definition) is 2. The Hall–Kier alpha value is -1.02. The van der Waals surface area contributed by atoms with Gasteiger partial charge in [-0.2, -0.15) is 0 Å². The van der Waals surface area contributed by atoms with Crippen molar-refractivity contribution in [3.63, 3.8) is 0 Å². The van der Waals surface area contributed by atoms with Crippen LogP contribution in [0.5, 0.6) is 0 Å². The molecule has 0 atom stereocenters. The summed E-state index contributed by atoms with van der Waals surface area (Å²) in [7, 11) is 0. The molecule has 88 valence electrons. The van der Waals surface area contributed by atoms with Crippen LogP contribution < -0.4 is 10.2 Å². The lowest BCUT2D eigenvalue weighted by Gasteiger charge is -2.25. The summed E-state index contributed by atoms with van der Waals surface area (Å²) in [4.78, 5) is 2.52. The van der Waals surface area contributed by atoms with Gasteiger partial charge in [0.25, 0.3) is 0 Å². The van der Waals surface area contributed by atoms with Crippen LogP contribution in [0.4, 0.5) is 5.69 Å². The highest BCUT2D eigenvalue weighted by Crippen LogP contribution is 2.22. The summed E-state index contributed by atoms with van der Waals surface area (Å²) in [5, 5.41) is 3.48. The number of nitrogens with one attached hydrogen (secondary N) is 1. The standard InChI is InChI=1S/C14H22N2/c1-12(2)7-9-16-10-8-15-11-13-5-3-4-6-14(13)16/h3-6,12,15H,7-11H2,1-2H3. The van der Waals surface area contributed by atoms with E-state index in [-0.39, 0.29) is 0 Å². The fraction of sp³-hybridized carbons (Fsp3) is 0.571. The molecule has 0 unspecified atom stereocenters. The average molecular weight is 218 g/mol. The van der Waals surface area contributed by atoms with Crippen LogP contribution in [-0.2, 0) is 6.54 Å². The first-order chi connectivity index (χ1) is 7.77. The van der Waals surface area contributed by atoms with E-state index in [0.29, 0.717) is 0 Å². The molecule has 2 heteroatoms. The third-order valence-corrected chi connectivity index (χ3v) is 3.18. The van der Waals surface area contributed by atoms with Crippen LogP contribution in [0.15, 0.2) is 24.3 Å². The minimum atomic E-state index is 0.781. The monoisotopic (exact) mass is 218 g/mol. The number of para-hydroxylation sites is 1. The minimum absolute atomic E-state index is 0.781. The van der Waals surface area contributed by atoms with E-state index >= 15 is 0 Å². The van der Waals surface area contributed by atoms with Gasteiger partial charge < -0.3 is 10.2 Å². The van der Waals surface area contributed by atoms with Gasteiger partial charge in [0.05, 0.1) is 0 Å². The van der Waals surface area contributed by atoms with Crippen molar-refractivity contribution >= 4 is 5.69 Å². The summed E-state index contributed by atoms with van der Waals surface area (Å²) in [5.74, 6) is 0.781. The van der Waals surface area contributed by atoms with Gasteiger partial charge in [-0.3, -0.25) is 0 Å². The Balaban J connectivity index is 2.12. The average Bonchev–Trinajstić information content (AvgIpc) is 2.48. The quantitative estimate of drug-likeness (QED) is 0.839. The molecule has 1 aromatic carbocycles. The topological polar surface area (TPSA) is 15.3 Å². The molecule has 2 nitrogen and oxygen atoms in total. The predicted octanol–water partition coefficient (Wildman–Crippen LogP) is 2.64. The van der Waals surface area contributed by atoms with Crippen molar-refractivity contribution in [3.8, 4) is 0 Å². The van der Waals surface area contributed by atoms with Crippen molar-refractivity contribution in [1.82, 2.24) is 5.32 Å². The molecule has 2 rings (SSSR count). The fourth-order valence-corrected chi connectivity index (χ4v) is 2.17. The summed E-state index contributed by atoms with van der Waals surface area (Å²) < 4.78 is 0. The Kier molecular flexibility index (Phi) is 3.83. The first-order valence-electron chi connectivity index (χ1n) is 6.31. The molecule has 0 radical (unpaired) electrons. The van der Waals surface area contributed by atoms with Crippen LogP contribution in [0.3, 0.4) is 0 Å². The number of benzene rings is 1. The van der Waals surface area contributed by atoms with Crippen molar-refractivity contribution < 1.29 is 0 Å². The molecule has 0 saturated carbocycles. The molecular formula is C14H22N2. The van der Waals surface area contributed by atoms with Crippen LogP contribution in [0.2, 0.25) is 0 Å². The zero-order valence-corrected chi connectivity index (χ0v) is 10.4. The molecule has 0 amide bonds. The second kappa shape index (κ2) is 5.35. The molecule has 1 N–H and O–H groups in total. The molecule has 1 aliphatic heterocycles. The van der Waals surface area contributed by atoms with Crippen molar-refractivity contribution in [1.29, 1.82) is 0 Å². The first kappa shape index (κ1) is 11.5. The number of rotatable bonds is 3. The lowest BCUT2D eigenvalue weighted by atomic mass is 10.1. The largest absolute Gasteiger partial charge is 0.370 e. The summed E-state index contributed by atoms with van der Waals surface area (Å²) in [6.45, 7) is 8.99. The number of nitrogens with zero attached hydrogens (tertiary/aromatic N) is 1. The highest BCUT2D eigenvalue weighted by Gasteiger charge is 2.13. The van der Waals surface area contributed by atoms with Gasteiger partial charge in [-0.15, -0.1) is 0 Å². The summed E-state index contributed by atoms with van der Waals surface area (Å²) in [5.41, 5.74) is 2.86. The molecule has 1 heterocycles. The highest BCUT2D eigenvalue weighted by atomic mass is 15.2. The number of fused-ring (bicyclic) bond motifs is 1. The Bertz CT molecular complexity index is 333. The molecule has 0 saturated heterocycles. The minimum Gasteiger partial charge on any atom is -0.370 e. The molecule has 0 fully saturated rings. The second-order valence-electron chi connectivity index (χ2n) is 4.98. The van der Waals surface area contributed by atoms with E-state index in [4.69, 9.17) is 0 Å². The number of hydrogen-bond donors (Lipinski definition) is 1. The molecule has 16 heavy (non-hydrogen) atoms. The van der Waals surface area contributed by atoms with Crippen molar-refractivity contribution in [2.24, 2.45) is 5.92 Å². The molecular weight excluding hydrogens is 196 g/mol. The summed E-state index contributed by atoms with van der Waals surface area (Å²) in [6.07, 6.45) is 1.27. The third-order valence-electron chi connectivity index (χ3n) is 3.18. The van der Waals surface area contributed by atoms with Crippen molar-refractivity contribution in [2.45, 2.75) is 26.8 Å². The second-order valence-corrected chi connectivity index (χ2v) is 4.98. The zero-order chi connectivity index (χ0) is 11.4. The SMILES string of the molecule is CC(C)CCN1CCNCc2ccccc21. The molecule has 0 aliphatic carbocycles. The predicted molar refractivity (Wildman–Crippen MR) is 69.8 cm³/mol. The van der Waals surface area contributed by atoms with Gasteiger partial charge in [0.1, 0.15) is 0 Å². The number of anilines is 1. The van der Waals surface area contributed by atoms with Crippen LogP contribution in [-0.4, -0.2) is 19.6 Å². The van der Waals surface area contributed by atoms with E-state index in [1.54, 1.807) is 0 Å². The maximum Gasteiger partial charge on any atom is 0.0412 e. The normalized spacial score (nSPS) is 16.1. The van der Waals surface area contributed by atoms with E-state index in [9.17, 15) is 0 Å². The van der Waals surface area contributed by atoms with E-state index in [2.05, 4.69) is 48.3 Å². The fourth-order valence-electron chi connectivity index (χ4n) is 2.17. The first-order valence-corrected chi connectivity index (χ1v) is 6.31. The van der Waals surface area contributed by atoms with Crippen LogP contribution in [0.1, 0.15) is 25.8 Å². The van der Waals surface area contributed by atoms with Gasteiger partial charge in [-0.05, 0) is 24.0 Å². The van der Waals surface area contributed by atoms with Crippen LogP contribution >= 0.6 is 0 Å². The van der Waals surface area contributed by atoms with Crippen molar-refractivity contribution in [2.75, 3.05) is 24.5 Å². The maximum absolute atomic E-state index is 3.48. The highest BCUT2D eigenvalue weighted by molar-refractivity contribution is 5.54. The summed E-state index contributed by atoms with van der Waals surface area (Å²) >= 11 is 0. The van der Waals surface area contributed by atoms with Gasteiger partial charge >= 0.3 is 0 Å². The van der Waals surface area contributed by atoms with E-state index in [1.807, 2.05) is 0 Å². The van der Waals surface area contributed by atoms with E-state index in [0.717, 1.165) is 25.6 Å². The van der Waals surface area contributed by atoms with Gasteiger partial charge in [0, 0.05) is 31.9 Å².